The second kappa shape index (κ2) is 10.5. The average molecular weight is 247 g/mol. The van der Waals surface area contributed by atoms with Crippen LogP contribution in [0.2, 0.25) is 0 Å². The normalized spacial score (nSPS) is 12.8. The van der Waals surface area contributed by atoms with Crippen LogP contribution in [0.25, 0.3) is 0 Å². The van der Waals surface area contributed by atoms with Gasteiger partial charge in [0.15, 0.2) is 0 Å². The summed E-state index contributed by atoms with van der Waals surface area (Å²) >= 11 is 0. The maximum atomic E-state index is 11.1. The van der Waals surface area contributed by atoms with Crippen LogP contribution in [0.5, 0.6) is 0 Å². The van der Waals surface area contributed by atoms with Gasteiger partial charge in [-0.25, -0.2) is 0 Å². The van der Waals surface area contributed by atoms with Gasteiger partial charge in [-0.3, -0.25) is 9.69 Å². The first-order valence-corrected chi connectivity index (χ1v) is 6.18. The lowest BCUT2D eigenvalue weighted by atomic mass is 10.3. The number of aliphatic hydroxyl groups excluding tert-OH is 1. The summed E-state index contributed by atoms with van der Waals surface area (Å²) < 4.78 is 9.90. The minimum absolute atomic E-state index is 0.207. The molecule has 1 atom stereocenters. The molecule has 0 aromatic carbocycles. The minimum Gasteiger partial charge on any atom is -0.468 e. The van der Waals surface area contributed by atoms with Gasteiger partial charge in [-0.1, -0.05) is 20.3 Å². The summed E-state index contributed by atoms with van der Waals surface area (Å²) in [7, 11) is 1.36. The molecule has 0 spiro atoms. The van der Waals surface area contributed by atoms with E-state index in [0.29, 0.717) is 26.3 Å². The lowest BCUT2D eigenvalue weighted by Gasteiger charge is -2.22. The summed E-state index contributed by atoms with van der Waals surface area (Å²) in [6.45, 7) is 6.36. The molecule has 0 aliphatic rings. The number of hydrogen-bond donors (Lipinski definition) is 1. The summed E-state index contributed by atoms with van der Waals surface area (Å²) in [5, 5.41) is 9.72. The van der Waals surface area contributed by atoms with Crippen LogP contribution in [-0.2, 0) is 14.3 Å². The standard InChI is InChI=1S/C12H25NO4/c1-4-6-7-17-10-11(14)8-13(5-2)9-12(15)16-3/h11,14H,4-10H2,1-3H3. The van der Waals surface area contributed by atoms with Crippen molar-refractivity contribution in [2.45, 2.75) is 32.8 Å². The molecule has 5 heteroatoms. The van der Waals surface area contributed by atoms with E-state index in [0.717, 1.165) is 12.8 Å². The largest absolute Gasteiger partial charge is 0.468 e. The van der Waals surface area contributed by atoms with Crippen LogP contribution in [-0.4, -0.2) is 62.0 Å². The highest BCUT2D eigenvalue weighted by Crippen LogP contribution is 1.96. The van der Waals surface area contributed by atoms with Crippen molar-refractivity contribution in [3.8, 4) is 0 Å². The number of likely N-dealkylation sites (N-methyl/N-ethyl adjacent to an activating group) is 1. The summed E-state index contributed by atoms with van der Waals surface area (Å²) in [5.74, 6) is -0.286. The Hall–Kier alpha value is -0.650. The highest BCUT2D eigenvalue weighted by atomic mass is 16.5. The van der Waals surface area contributed by atoms with E-state index < -0.39 is 6.10 Å². The van der Waals surface area contributed by atoms with Crippen molar-refractivity contribution >= 4 is 5.97 Å². The fraction of sp³-hybridized carbons (Fsp3) is 0.917. The Kier molecular flexibility index (Phi) is 10.1. The second-order valence-electron chi connectivity index (χ2n) is 3.99. The Balaban J connectivity index is 3.73. The van der Waals surface area contributed by atoms with Crippen molar-refractivity contribution in [2.75, 3.05) is 40.0 Å². The van der Waals surface area contributed by atoms with Gasteiger partial charge < -0.3 is 14.6 Å². The molecule has 0 radical (unpaired) electrons. The van der Waals surface area contributed by atoms with Gasteiger partial charge in [0, 0.05) is 13.2 Å². The van der Waals surface area contributed by atoms with E-state index >= 15 is 0 Å². The molecule has 0 aromatic rings. The molecule has 102 valence electrons. The molecule has 0 aromatic heterocycles. The third-order valence-electron chi connectivity index (χ3n) is 2.45. The Bertz CT molecular complexity index is 199. The minimum atomic E-state index is -0.559. The van der Waals surface area contributed by atoms with Gasteiger partial charge >= 0.3 is 5.97 Å². The number of nitrogens with zero attached hydrogens (tertiary/aromatic N) is 1. The van der Waals surface area contributed by atoms with E-state index in [1.807, 2.05) is 11.8 Å². The van der Waals surface area contributed by atoms with Crippen molar-refractivity contribution in [3.05, 3.63) is 0 Å². The quantitative estimate of drug-likeness (QED) is 0.454. The molecular weight excluding hydrogens is 222 g/mol. The van der Waals surface area contributed by atoms with Gasteiger partial charge in [-0.2, -0.15) is 0 Å². The Labute approximate surface area is 104 Å². The van der Waals surface area contributed by atoms with Crippen molar-refractivity contribution in [3.63, 3.8) is 0 Å². The smallest absolute Gasteiger partial charge is 0.319 e. The summed E-state index contributed by atoms with van der Waals surface area (Å²) in [4.78, 5) is 12.9. The van der Waals surface area contributed by atoms with Crippen LogP contribution in [0.15, 0.2) is 0 Å². The zero-order chi connectivity index (χ0) is 13.1. The van der Waals surface area contributed by atoms with Crippen molar-refractivity contribution in [1.29, 1.82) is 0 Å². The van der Waals surface area contributed by atoms with Gasteiger partial charge in [0.25, 0.3) is 0 Å². The fourth-order valence-electron chi connectivity index (χ4n) is 1.37. The van der Waals surface area contributed by atoms with E-state index in [1.54, 1.807) is 0 Å². The fourth-order valence-corrected chi connectivity index (χ4v) is 1.37. The highest BCUT2D eigenvalue weighted by Gasteiger charge is 2.13. The summed E-state index contributed by atoms with van der Waals surface area (Å²) in [6, 6.07) is 0. The number of rotatable bonds is 10. The predicted molar refractivity (Wildman–Crippen MR) is 65.9 cm³/mol. The zero-order valence-electron chi connectivity index (χ0n) is 11.1. The molecule has 0 aliphatic heterocycles. The van der Waals surface area contributed by atoms with Crippen molar-refractivity contribution in [2.24, 2.45) is 0 Å². The number of methoxy groups -OCH3 is 1. The first kappa shape index (κ1) is 16.4. The summed E-state index contributed by atoms with van der Waals surface area (Å²) in [5.41, 5.74) is 0. The molecule has 0 fully saturated rings. The van der Waals surface area contributed by atoms with Crippen LogP contribution in [0, 0.1) is 0 Å². The number of carbonyl (C=O) groups excluding carboxylic acids is 1. The van der Waals surface area contributed by atoms with Crippen LogP contribution < -0.4 is 0 Å². The number of hydrogen-bond acceptors (Lipinski definition) is 5. The highest BCUT2D eigenvalue weighted by molar-refractivity contribution is 5.71. The van der Waals surface area contributed by atoms with Crippen molar-refractivity contribution < 1.29 is 19.4 Å². The van der Waals surface area contributed by atoms with E-state index in [4.69, 9.17) is 4.74 Å². The molecule has 0 aliphatic carbocycles. The monoisotopic (exact) mass is 247 g/mol. The van der Waals surface area contributed by atoms with E-state index in [2.05, 4.69) is 11.7 Å². The number of aliphatic hydroxyl groups is 1. The third-order valence-corrected chi connectivity index (χ3v) is 2.45. The zero-order valence-corrected chi connectivity index (χ0v) is 11.1. The van der Waals surface area contributed by atoms with E-state index in [9.17, 15) is 9.90 Å². The van der Waals surface area contributed by atoms with Crippen LogP contribution >= 0.6 is 0 Å². The molecule has 0 heterocycles. The third kappa shape index (κ3) is 9.09. The molecule has 5 nitrogen and oxygen atoms in total. The second-order valence-corrected chi connectivity index (χ2v) is 3.99. The van der Waals surface area contributed by atoms with Gasteiger partial charge in [0.2, 0.25) is 0 Å². The maximum Gasteiger partial charge on any atom is 0.319 e. The Morgan fingerprint density at radius 2 is 2.12 bits per heavy atom. The number of ether oxygens (including phenoxy) is 2. The van der Waals surface area contributed by atoms with Gasteiger partial charge in [-0.05, 0) is 13.0 Å². The molecule has 0 saturated heterocycles. The van der Waals surface area contributed by atoms with E-state index in [1.165, 1.54) is 7.11 Å². The van der Waals surface area contributed by atoms with Crippen LogP contribution in [0.3, 0.4) is 0 Å². The number of esters is 1. The average Bonchev–Trinajstić information content (AvgIpc) is 2.33. The molecule has 0 amide bonds. The molecule has 0 rings (SSSR count). The molecule has 0 saturated carbocycles. The molecule has 1 unspecified atom stereocenters. The Morgan fingerprint density at radius 1 is 1.41 bits per heavy atom. The first-order chi connectivity index (χ1) is 8.13. The summed E-state index contributed by atoms with van der Waals surface area (Å²) in [6.07, 6.45) is 1.53. The molecule has 1 N–H and O–H groups in total. The van der Waals surface area contributed by atoms with Gasteiger partial charge in [0.05, 0.1) is 26.4 Å². The predicted octanol–water partition coefficient (Wildman–Crippen LogP) is 0.659. The molecular formula is C12H25NO4. The Morgan fingerprint density at radius 3 is 2.65 bits per heavy atom. The lowest BCUT2D eigenvalue weighted by Crippen LogP contribution is -2.38. The first-order valence-electron chi connectivity index (χ1n) is 6.18. The SMILES string of the molecule is CCCCOCC(O)CN(CC)CC(=O)OC. The maximum absolute atomic E-state index is 11.1. The number of unbranched alkanes of at least 4 members (excludes halogenated alkanes) is 1. The molecule has 17 heavy (non-hydrogen) atoms. The van der Waals surface area contributed by atoms with Crippen LogP contribution in [0.4, 0.5) is 0 Å². The van der Waals surface area contributed by atoms with E-state index in [-0.39, 0.29) is 12.5 Å². The van der Waals surface area contributed by atoms with Crippen molar-refractivity contribution in [1.82, 2.24) is 4.90 Å². The molecule has 0 bridgehead atoms. The lowest BCUT2D eigenvalue weighted by molar-refractivity contribution is -0.142. The topological polar surface area (TPSA) is 59.0 Å². The number of carbonyl (C=O) groups is 1. The van der Waals surface area contributed by atoms with Gasteiger partial charge in [0.1, 0.15) is 0 Å². The van der Waals surface area contributed by atoms with Gasteiger partial charge in [-0.15, -0.1) is 0 Å². The van der Waals surface area contributed by atoms with Crippen LogP contribution in [0.1, 0.15) is 26.7 Å².